The molecule has 1 aliphatic rings. The highest BCUT2D eigenvalue weighted by molar-refractivity contribution is 6.32. The van der Waals surface area contributed by atoms with Crippen molar-refractivity contribution in [3.63, 3.8) is 0 Å². The number of hydrogen-bond donors (Lipinski definition) is 1. The minimum Gasteiger partial charge on any atom is -0.495 e. The van der Waals surface area contributed by atoms with E-state index in [0.717, 1.165) is 0 Å². The monoisotopic (exact) mass is 297 g/mol. The highest BCUT2D eigenvalue weighted by Crippen LogP contribution is 2.36. The minimum atomic E-state index is -0.173. The van der Waals surface area contributed by atoms with Gasteiger partial charge in [0, 0.05) is 18.1 Å². The van der Waals surface area contributed by atoms with Gasteiger partial charge in [-0.15, -0.1) is 0 Å². The van der Waals surface area contributed by atoms with Crippen molar-refractivity contribution in [1.29, 1.82) is 0 Å². The number of anilines is 1. The van der Waals surface area contributed by atoms with Crippen molar-refractivity contribution in [3.8, 4) is 11.5 Å². The van der Waals surface area contributed by atoms with E-state index in [0.29, 0.717) is 47.4 Å². The van der Waals surface area contributed by atoms with Crippen LogP contribution in [0.3, 0.4) is 0 Å². The van der Waals surface area contributed by atoms with Crippen LogP contribution in [0.15, 0.2) is 23.8 Å². The van der Waals surface area contributed by atoms with E-state index in [1.165, 1.54) is 14.2 Å². The summed E-state index contributed by atoms with van der Waals surface area (Å²) in [5.41, 5.74) is 1.21. The molecule has 0 spiro atoms. The smallest absolute Gasteiger partial charge is 0.251 e. The summed E-state index contributed by atoms with van der Waals surface area (Å²) in [5.74, 6) is 0.812. The van der Waals surface area contributed by atoms with Gasteiger partial charge in [-0.3, -0.25) is 4.79 Å². The molecule has 0 bridgehead atoms. The van der Waals surface area contributed by atoms with E-state index < -0.39 is 0 Å². The molecule has 0 unspecified atom stereocenters. The Labute approximate surface area is 122 Å². The molecule has 2 rings (SSSR count). The van der Waals surface area contributed by atoms with Crippen molar-refractivity contribution >= 4 is 23.2 Å². The van der Waals surface area contributed by atoms with Crippen LogP contribution in [0.1, 0.15) is 6.42 Å². The summed E-state index contributed by atoms with van der Waals surface area (Å²) in [6.45, 7) is 1.02. The molecule has 5 nitrogen and oxygen atoms in total. The topological polar surface area (TPSA) is 56.8 Å². The first-order chi connectivity index (χ1) is 9.65. The van der Waals surface area contributed by atoms with Crippen LogP contribution in [-0.2, 0) is 9.53 Å². The van der Waals surface area contributed by atoms with Crippen molar-refractivity contribution < 1.29 is 19.0 Å². The van der Waals surface area contributed by atoms with Crippen molar-refractivity contribution in [2.24, 2.45) is 0 Å². The van der Waals surface area contributed by atoms with Gasteiger partial charge in [0.2, 0.25) is 0 Å². The lowest BCUT2D eigenvalue weighted by atomic mass is 10.1. The maximum atomic E-state index is 12.1. The fourth-order valence-corrected chi connectivity index (χ4v) is 2.13. The summed E-state index contributed by atoms with van der Waals surface area (Å²) >= 11 is 6.06. The van der Waals surface area contributed by atoms with Crippen LogP contribution in [0.5, 0.6) is 11.5 Å². The molecule has 0 radical (unpaired) electrons. The Hall–Kier alpha value is -1.72. The average Bonchev–Trinajstić information content (AvgIpc) is 2.48. The fourth-order valence-electron chi connectivity index (χ4n) is 1.89. The van der Waals surface area contributed by atoms with Gasteiger partial charge in [0.15, 0.2) is 0 Å². The van der Waals surface area contributed by atoms with E-state index in [-0.39, 0.29) is 5.91 Å². The number of halogens is 1. The molecule has 1 N–H and O–H groups in total. The predicted molar refractivity (Wildman–Crippen MR) is 76.7 cm³/mol. The zero-order chi connectivity index (χ0) is 14.5. The zero-order valence-electron chi connectivity index (χ0n) is 11.4. The van der Waals surface area contributed by atoms with E-state index in [1.807, 2.05) is 0 Å². The van der Waals surface area contributed by atoms with Crippen LogP contribution in [0, 0.1) is 0 Å². The van der Waals surface area contributed by atoms with Gasteiger partial charge >= 0.3 is 0 Å². The van der Waals surface area contributed by atoms with E-state index in [9.17, 15) is 4.79 Å². The second-order valence-electron chi connectivity index (χ2n) is 4.20. The van der Waals surface area contributed by atoms with Crippen molar-refractivity contribution in [1.82, 2.24) is 0 Å². The number of amides is 1. The molecule has 20 heavy (non-hydrogen) atoms. The molecular weight excluding hydrogens is 282 g/mol. The number of methoxy groups -OCH3 is 2. The van der Waals surface area contributed by atoms with E-state index >= 15 is 0 Å². The normalized spacial score (nSPS) is 14.4. The molecule has 1 aromatic carbocycles. The maximum absolute atomic E-state index is 12.1. The zero-order valence-corrected chi connectivity index (χ0v) is 12.1. The van der Waals surface area contributed by atoms with Gasteiger partial charge in [0.25, 0.3) is 5.91 Å². The number of benzene rings is 1. The number of nitrogens with one attached hydrogen (secondary N) is 1. The molecule has 1 aromatic rings. The van der Waals surface area contributed by atoms with Gasteiger partial charge in [0.05, 0.1) is 38.1 Å². The van der Waals surface area contributed by atoms with E-state index in [2.05, 4.69) is 5.32 Å². The third-order valence-electron chi connectivity index (χ3n) is 2.98. The summed E-state index contributed by atoms with van der Waals surface area (Å²) < 4.78 is 15.5. The van der Waals surface area contributed by atoms with Crippen molar-refractivity contribution in [2.75, 3.05) is 32.8 Å². The maximum Gasteiger partial charge on any atom is 0.251 e. The van der Waals surface area contributed by atoms with Gasteiger partial charge in [-0.25, -0.2) is 0 Å². The Bertz CT molecular complexity index is 542. The van der Waals surface area contributed by atoms with Crippen LogP contribution in [0.25, 0.3) is 0 Å². The summed E-state index contributed by atoms with van der Waals surface area (Å²) in [7, 11) is 3.04. The number of carbonyl (C=O) groups excluding carboxylic acids is 1. The number of rotatable bonds is 4. The third-order valence-corrected chi connectivity index (χ3v) is 3.27. The predicted octanol–water partition coefficient (Wildman–Crippen LogP) is 2.64. The van der Waals surface area contributed by atoms with Gasteiger partial charge in [-0.1, -0.05) is 17.7 Å². The summed E-state index contributed by atoms with van der Waals surface area (Å²) in [4.78, 5) is 12.1. The molecule has 0 aliphatic carbocycles. The number of hydrogen-bond acceptors (Lipinski definition) is 4. The first-order valence-corrected chi connectivity index (χ1v) is 6.53. The number of ether oxygens (including phenoxy) is 3. The molecular formula is C14H16ClNO4. The molecule has 1 aliphatic heterocycles. The van der Waals surface area contributed by atoms with Crippen LogP contribution >= 0.6 is 11.6 Å². The van der Waals surface area contributed by atoms with Crippen LogP contribution in [0.4, 0.5) is 5.69 Å². The lowest BCUT2D eigenvalue weighted by Gasteiger charge is -2.16. The van der Waals surface area contributed by atoms with Gasteiger partial charge in [-0.2, -0.15) is 0 Å². The lowest BCUT2D eigenvalue weighted by Crippen LogP contribution is -2.19. The molecule has 0 saturated carbocycles. The standard InChI is InChI=1S/C14H16ClNO4/c1-18-12-8-13(19-2)11(7-10(12)15)16-14(17)9-3-5-20-6-4-9/h3,7-8H,4-6H2,1-2H3,(H,16,17). The van der Waals surface area contributed by atoms with Gasteiger partial charge < -0.3 is 19.5 Å². The Balaban J connectivity index is 2.22. The summed E-state index contributed by atoms with van der Waals surface area (Å²) in [6.07, 6.45) is 2.37. The first-order valence-electron chi connectivity index (χ1n) is 6.15. The molecule has 0 fully saturated rings. The average molecular weight is 298 g/mol. The first kappa shape index (κ1) is 14.7. The third kappa shape index (κ3) is 3.23. The molecule has 1 amide bonds. The molecule has 0 saturated heterocycles. The van der Waals surface area contributed by atoms with Gasteiger partial charge in [0.1, 0.15) is 11.5 Å². The second-order valence-corrected chi connectivity index (χ2v) is 4.60. The SMILES string of the molecule is COc1cc(OC)c(NC(=O)C2=CCOCC2)cc1Cl. The number of carbonyl (C=O) groups is 1. The fraction of sp³-hybridized carbons (Fsp3) is 0.357. The Morgan fingerprint density at radius 3 is 2.65 bits per heavy atom. The molecule has 0 aromatic heterocycles. The minimum absolute atomic E-state index is 0.173. The highest BCUT2D eigenvalue weighted by Gasteiger charge is 2.16. The molecule has 6 heteroatoms. The van der Waals surface area contributed by atoms with Crippen LogP contribution in [0.2, 0.25) is 5.02 Å². The Kier molecular flexibility index (Phi) is 4.87. The second kappa shape index (κ2) is 6.63. The molecule has 1 heterocycles. The quantitative estimate of drug-likeness (QED) is 0.928. The Morgan fingerprint density at radius 2 is 2.05 bits per heavy atom. The van der Waals surface area contributed by atoms with E-state index in [4.69, 9.17) is 25.8 Å². The van der Waals surface area contributed by atoms with E-state index in [1.54, 1.807) is 18.2 Å². The highest BCUT2D eigenvalue weighted by atomic mass is 35.5. The van der Waals surface area contributed by atoms with Gasteiger partial charge in [-0.05, 0) is 6.07 Å². The van der Waals surface area contributed by atoms with Crippen molar-refractivity contribution in [2.45, 2.75) is 6.42 Å². The molecule has 108 valence electrons. The summed E-state index contributed by atoms with van der Waals surface area (Å²) in [5, 5.41) is 3.20. The Morgan fingerprint density at radius 1 is 1.30 bits per heavy atom. The lowest BCUT2D eigenvalue weighted by molar-refractivity contribution is -0.113. The largest absolute Gasteiger partial charge is 0.495 e. The summed E-state index contributed by atoms with van der Waals surface area (Å²) in [6, 6.07) is 3.24. The van der Waals surface area contributed by atoms with Crippen LogP contribution in [-0.4, -0.2) is 33.3 Å². The van der Waals surface area contributed by atoms with Crippen LogP contribution < -0.4 is 14.8 Å². The molecule has 0 atom stereocenters. The van der Waals surface area contributed by atoms with Crippen molar-refractivity contribution in [3.05, 3.63) is 28.8 Å².